The van der Waals surface area contributed by atoms with Crippen LogP contribution < -0.4 is 5.32 Å². The van der Waals surface area contributed by atoms with Crippen molar-refractivity contribution in [1.29, 1.82) is 0 Å². The van der Waals surface area contributed by atoms with Gasteiger partial charge in [-0.1, -0.05) is 33.1 Å². The van der Waals surface area contributed by atoms with Crippen molar-refractivity contribution >= 4 is 5.97 Å². The Labute approximate surface area is 117 Å². The molecule has 1 rings (SSSR count). The minimum Gasteiger partial charge on any atom is -0.465 e. The molecule has 110 valence electrons. The molecular formula is C15H28N2O2. The van der Waals surface area contributed by atoms with Crippen LogP contribution >= 0.6 is 0 Å². The minimum absolute atomic E-state index is 0.0811. The van der Waals surface area contributed by atoms with Gasteiger partial charge < -0.3 is 15.0 Å². The maximum atomic E-state index is 11.7. The summed E-state index contributed by atoms with van der Waals surface area (Å²) >= 11 is 0. The Hall–Kier alpha value is -1.19. The van der Waals surface area contributed by atoms with E-state index in [9.17, 15) is 4.79 Å². The van der Waals surface area contributed by atoms with E-state index >= 15 is 0 Å². The predicted octanol–water partition coefficient (Wildman–Crippen LogP) is 2.86. The number of carbonyl (C=O) groups excluding carboxylic acids is 1. The fourth-order valence-corrected chi connectivity index (χ4v) is 2.17. The molecule has 1 aliphatic heterocycles. The molecule has 0 aliphatic carbocycles. The van der Waals surface area contributed by atoms with E-state index in [4.69, 9.17) is 4.74 Å². The number of esters is 1. The number of nitrogens with one attached hydrogen (secondary N) is 1. The molecule has 2 atom stereocenters. The predicted molar refractivity (Wildman–Crippen MR) is 77.3 cm³/mol. The molecule has 0 saturated heterocycles. The van der Waals surface area contributed by atoms with E-state index in [-0.39, 0.29) is 12.1 Å². The highest BCUT2D eigenvalue weighted by molar-refractivity contribution is 5.69. The van der Waals surface area contributed by atoms with E-state index in [0.717, 1.165) is 19.4 Å². The molecule has 0 saturated carbocycles. The number of hydrogen-bond donors (Lipinski definition) is 1. The Morgan fingerprint density at radius 2 is 2.26 bits per heavy atom. The van der Waals surface area contributed by atoms with Crippen molar-refractivity contribution in [2.75, 3.05) is 13.2 Å². The standard InChI is InChI=1S/C15H28N2O2/c1-4-6-7-14(5-2)12-19-15(18)8-10-17-11-9-16-13(17)3/h9,11,13-14,16H,4-8,10,12H2,1-3H3. The number of ether oxygens (including phenoxy) is 1. The average Bonchev–Trinajstić information content (AvgIpc) is 2.82. The topological polar surface area (TPSA) is 41.6 Å². The molecule has 19 heavy (non-hydrogen) atoms. The number of rotatable bonds is 9. The lowest BCUT2D eigenvalue weighted by atomic mass is 10.0. The maximum absolute atomic E-state index is 11.7. The van der Waals surface area contributed by atoms with Crippen molar-refractivity contribution in [3.63, 3.8) is 0 Å². The summed E-state index contributed by atoms with van der Waals surface area (Å²) in [6, 6.07) is 0. The highest BCUT2D eigenvalue weighted by Gasteiger charge is 2.15. The lowest BCUT2D eigenvalue weighted by Gasteiger charge is -2.21. The van der Waals surface area contributed by atoms with Crippen LogP contribution in [0.15, 0.2) is 12.4 Å². The summed E-state index contributed by atoms with van der Waals surface area (Å²) in [5.74, 6) is 0.443. The molecule has 2 unspecified atom stereocenters. The zero-order valence-electron chi connectivity index (χ0n) is 12.5. The molecule has 0 radical (unpaired) electrons. The third kappa shape index (κ3) is 5.99. The maximum Gasteiger partial charge on any atom is 0.307 e. The first-order valence-electron chi connectivity index (χ1n) is 7.51. The second kappa shape index (κ2) is 8.83. The lowest BCUT2D eigenvalue weighted by Crippen LogP contribution is -2.33. The summed E-state index contributed by atoms with van der Waals surface area (Å²) < 4.78 is 5.38. The van der Waals surface area contributed by atoms with Gasteiger partial charge in [0.05, 0.1) is 19.2 Å². The van der Waals surface area contributed by atoms with Gasteiger partial charge >= 0.3 is 5.97 Å². The van der Waals surface area contributed by atoms with E-state index < -0.39 is 0 Å². The highest BCUT2D eigenvalue weighted by atomic mass is 16.5. The van der Waals surface area contributed by atoms with Gasteiger partial charge in [0.15, 0.2) is 0 Å². The third-order valence-electron chi connectivity index (χ3n) is 3.70. The number of nitrogens with zero attached hydrogens (tertiary/aromatic N) is 1. The van der Waals surface area contributed by atoms with Crippen LogP contribution in [0, 0.1) is 5.92 Å². The van der Waals surface area contributed by atoms with Crippen molar-refractivity contribution in [2.24, 2.45) is 5.92 Å². The quantitative estimate of drug-likeness (QED) is 0.653. The van der Waals surface area contributed by atoms with Crippen molar-refractivity contribution in [3.8, 4) is 0 Å². The molecule has 0 aromatic heterocycles. The Balaban J connectivity index is 2.14. The summed E-state index contributed by atoms with van der Waals surface area (Å²) in [4.78, 5) is 13.8. The van der Waals surface area contributed by atoms with E-state index in [1.54, 1.807) is 0 Å². The number of unbranched alkanes of at least 4 members (excludes halogenated alkanes) is 1. The summed E-state index contributed by atoms with van der Waals surface area (Å²) in [6.07, 6.45) is 9.30. The first-order chi connectivity index (χ1) is 9.17. The summed E-state index contributed by atoms with van der Waals surface area (Å²) in [6.45, 7) is 7.73. The fourth-order valence-electron chi connectivity index (χ4n) is 2.17. The Morgan fingerprint density at radius 3 is 2.84 bits per heavy atom. The van der Waals surface area contributed by atoms with Crippen LogP contribution in [0.25, 0.3) is 0 Å². The summed E-state index contributed by atoms with van der Waals surface area (Å²) in [7, 11) is 0. The van der Waals surface area contributed by atoms with Crippen molar-refractivity contribution in [3.05, 3.63) is 12.4 Å². The van der Waals surface area contributed by atoms with Gasteiger partial charge in [-0.3, -0.25) is 4.79 Å². The normalized spacial score (nSPS) is 19.3. The largest absolute Gasteiger partial charge is 0.465 e. The van der Waals surface area contributed by atoms with E-state index in [1.165, 1.54) is 12.8 Å². The van der Waals surface area contributed by atoms with Crippen molar-refractivity contribution in [1.82, 2.24) is 10.2 Å². The monoisotopic (exact) mass is 268 g/mol. The molecule has 1 N–H and O–H groups in total. The lowest BCUT2D eigenvalue weighted by molar-refractivity contribution is -0.145. The van der Waals surface area contributed by atoms with Crippen LogP contribution in [0.5, 0.6) is 0 Å². The van der Waals surface area contributed by atoms with Gasteiger partial charge in [0.1, 0.15) is 0 Å². The number of hydrogen-bond acceptors (Lipinski definition) is 4. The molecule has 0 fully saturated rings. The molecule has 1 heterocycles. The van der Waals surface area contributed by atoms with Crippen molar-refractivity contribution < 1.29 is 9.53 Å². The number of carbonyl (C=O) groups is 1. The highest BCUT2D eigenvalue weighted by Crippen LogP contribution is 2.13. The van der Waals surface area contributed by atoms with E-state index in [1.807, 2.05) is 12.4 Å². The SMILES string of the molecule is CCCCC(CC)COC(=O)CCN1C=CNC1C. The minimum atomic E-state index is -0.0811. The summed E-state index contributed by atoms with van der Waals surface area (Å²) in [5.41, 5.74) is 0. The Kier molecular flexibility index (Phi) is 7.38. The van der Waals surface area contributed by atoms with Crippen LogP contribution in [-0.4, -0.2) is 30.2 Å². The molecule has 4 heteroatoms. The second-order valence-corrected chi connectivity index (χ2v) is 5.25. The average molecular weight is 268 g/mol. The van der Waals surface area contributed by atoms with Gasteiger partial charge in [-0.2, -0.15) is 0 Å². The second-order valence-electron chi connectivity index (χ2n) is 5.25. The van der Waals surface area contributed by atoms with Gasteiger partial charge in [-0.25, -0.2) is 0 Å². The summed E-state index contributed by atoms with van der Waals surface area (Å²) in [5, 5.41) is 3.17. The van der Waals surface area contributed by atoms with Crippen LogP contribution in [0.4, 0.5) is 0 Å². The zero-order chi connectivity index (χ0) is 14.1. The molecule has 0 aromatic carbocycles. The third-order valence-corrected chi connectivity index (χ3v) is 3.70. The van der Waals surface area contributed by atoms with Crippen LogP contribution in [0.3, 0.4) is 0 Å². The molecule has 0 bridgehead atoms. The zero-order valence-corrected chi connectivity index (χ0v) is 12.5. The Bertz CT molecular complexity index is 292. The molecule has 0 amide bonds. The van der Waals surface area contributed by atoms with Gasteiger partial charge in [0, 0.05) is 18.9 Å². The van der Waals surface area contributed by atoms with Crippen LogP contribution in [0.2, 0.25) is 0 Å². The molecular weight excluding hydrogens is 240 g/mol. The molecule has 0 spiro atoms. The van der Waals surface area contributed by atoms with Gasteiger partial charge in [-0.05, 0) is 19.3 Å². The van der Waals surface area contributed by atoms with E-state index in [0.29, 0.717) is 18.9 Å². The van der Waals surface area contributed by atoms with E-state index in [2.05, 4.69) is 31.0 Å². The van der Waals surface area contributed by atoms with Gasteiger partial charge in [0.2, 0.25) is 0 Å². The molecule has 4 nitrogen and oxygen atoms in total. The van der Waals surface area contributed by atoms with Crippen molar-refractivity contribution in [2.45, 2.75) is 59.0 Å². The Morgan fingerprint density at radius 1 is 1.47 bits per heavy atom. The first-order valence-corrected chi connectivity index (χ1v) is 7.51. The van der Waals surface area contributed by atoms with Crippen LogP contribution in [0.1, 0.15) is 52.9 Å². The fraction of sp³-hybridized carbons (Fsp3) is 0.800. The van der Waals surface area contributed by atoms with Crippen LogP contribution in [-0.2, 0) is 9.53 Å². The molecule has 0 aromatic rings. The van der Waals surface area contributed by atoms with Gasteiger partial charge in [-0.15, -0.1) is 0 Å². The molecule has 1 aliphatic rings. The van der Waals surface area contributed by atoms with Gasteiger partial charge in [0.25, 0.3) is 0 Å². The first kappa shape index (κ1) is 15.9. The smallest absolute Gasteiger partial charge is 0.307 e.